The van der Waals surface area contributed by atoms with Gasteiger partial charge in [-0.2, -0.15) is 0 Å². The Morgan fingerprint density at radius 3 is 2.12 bits per heavy atom. The van der Waals surface area contributed by atoms with Crippen LogP contribution in [0.4, 0.5) is 0 Å². The Bertz CT molecular complexity index is 311. The molecule has 1 N–H and O–H groups in total. The quantitative estimate of drug-likeness (QED) is 0.761. The van der Waals surface area contributed by atoms with Crippen LogP contribution in [0.25, 0.3) is 0 Å². The van der Waals surface area contributed by atoms with Crippen LogP contribution in [0.1, 0.15) is 58.4 Å². The fourth-order valence-corrected chi connectivity index (χ4v) is 2.25. The molecule has 1 heteroatoms. The van der Waals surface area contributed by atoms with Gasteiger partial charge in [-0.05, 0) is 35.4 Å². The van der Waals surface area contributed by atoms with Crippen molar-refractivity contribution < 1.29 is 5.11 Å². The number of aromatic hydroxyl groups is 1. The lowest BCUT2D eigenvalue weighted by Crippen LogP contribution is -2.21. The van der Waals surface area contributed by atoms with Crippen LogP contribution >= 0.6 is 0 Å². The van der Waals surface area contributed by atoms with E-state index in [0.29, 0.717) is 17.1 Å². The molecule has 1 aromatic carbocycles. The van der Waals surface area contributed by atoms with Crippen LogP contribution in [0.3, 0.4) is 0 Å². The summed E-state index contributed by atoms with van der Waals surface area (Å²) in [6.07, 6.45) is 3.60. The van der Waals surface area contributed by atoms with Crippen molar-refractivity contribution in [3.8, 4) is 5.75 Å². The molecule has 0 aliphatic heterocycles. The molecule has 0 saturated heterocycles. The molecule has 0 aliphatic rings. The SMILES string of the molecule is CCCC(c1ccc(O)cc1)C(C)(C)CC. The van der Waals surface area contributed by atoms with E-state index >= 15 is 0 Å². The highest BCUT2D eigenvalue weighted by atomic mass is 16.3. The van der Waals surface area contributed by atoms with E-state index in [1.165, 1.54) is 24.8 Å². The van der Waals surface area contributed by atoms with E-state index in [0.717, 1.165) is 0 Å². The fraction of sp³-hybridized carbons (Fsp3) is 0.600. The number of phenols is 1. The molecule has 1 aromatic rings. The molecule has 0 spiro atoms. The van der Waals surface area contributed by atoms with Gasteiger partial charge < -0.3 is 5.11 Å². The average Bonchev–Trinajstić information content (AvgIpc) is 2.27. The highest BCUT2D eigenvalue weighted by Crippen LogP contribution is 2.41. The Kier molecular flexibility index (Phi) is 4.40. The molecule has 90 valence electrons. The third-order valence-corrected chi connectivity index (χ3v) is 3.73. The minimum atomic E-state index is 0.326. The van der Waals surface area contributed by atoms with Crippen molar-refractivity contribution in [1.82, 2.24) is 0 Å². The van der Waals surface area contributed by atoms with Gasteiger partial charge in [-0.25, -0.2) is 0 Å². The smallest absolute Gasteiger partial charge is 0.115 e. The summed E-state index contributed by atoms with van der Waals surface area (Å²) in [6.45, 7) is 9.16. The maximum Gasteiger partial charge on any atom is 0.115 e. The Morgan fingerprint density at radius 1 is 1.12 bits per heavy atom. The zero-order valence-electron chi connectivity index (χ0n) is 11.0. The van der Waals surface area contributed by atoms with Gasteiger partial charge in [-0.15, -0.1) is 0 Å². The van der Waals surface area contributed by atoms with Gasteiger partial charge in [0.05, 0.1) is 0 Å². The van der Waals surface area contributed by atoms with Crippen LogP contribution in [0, 0.1) is 5.41 Å². The maximum atomic E-state index is 9.33. The number of hydrogen-bond donors (Lipinski definition) is 1. The van der Waals surface area contributed by atoms with Crippen LogP contribution in [0.5, 0.6) is 5.75 Å². The normalized spacial score (nSPS) is 13.8. The molecule has 0 aromatic heterocycles. The highest BCUT2D eigenvalue weighted by Gasteiger charge is 2.28. The molecule has 0 heterocycles. The lowest BCUT2D eigenvalue weighted by Gasteiger charge is -2.34. The predicted octanol–water partition coefficient (Wildman–Crippen LogP) is 4.71. The summed E-state index contributed by atoms with van der Waals surface area (Å²) in [6, 6.07) is 7.72. The van der Waals surface area contributed by atoms with E-state index < -0.39 is 0 Å². The highest BCUT2D eigenvalue weighted by molar-refractivity contribution is 5.29. The van der Waals surface area contributed by atoms with E-state index in [4.69, 9.17) is 0 Å². The van der Waals surface area contributed by atoms with Gasteiger partial charge >= 0.3 is 0 Å². The minimum absolute atomic E-state index is 0.326. The zero-order valence-corrected chi connectivity index (χ0v) is 11.0. The zero-order chi connectivity index (χ0) is 12.2. The summed E-state index contributed by atoms with van der Waals surface area (Å²) < 4.78 is 0. The Hall–Kier alpha value is -0.980. The van der Waals surface area contributed by atoms with Gasteiger partial charge in [0, 0.05) is 0 Å². The van der Waals surface area contributed by atoms with Gasteiger partial charge in [0.1, 0.15) is 5.75 Å². The largest absolute Gasteiger partial charge is 0.508 e. The van der Waals surface area contributed by atoms with E-state index in [9.17, 15) is 5.11 Å². The van der Waals surface area contributed by atoms with Gasteiger partial charge in [-0.3, -0.25) is 0 Å². The van der Waals surface area contributed by atoms with Crippen molar-refractivity contribution in [3.05, 3.63) is 29.8 Å². The number of hydrogen-bond acceptors (Lipinski definition) is 1. The monoisotopic (exact) mass is 220 g/mol. The van der Waals surface area contributed by atoms with Gasteiger partial charge in [0.2, 0.25) is 0 Å². The third-order valence-electron chi connectivity index (χ3n) is 3.73. The molecular formula is C15H24O. The van der Waals surface area contributed by atoms with Crippen molar-refractivity contribution >= 4 is 0 Å². The summed E-state index contributed by atoms with van der Waals surface area (Å²) in [4.78, 5) is 0. The van der Waals surface area contributed by atoms with E-state index in [1.54, 1.807) is 12.1 Å². The molecule has 0 fully saturated rings. The first-order valence-electron chi connectivity index (χ1n) is 6.30. The summed E-state index contributed by atoms with van der Waals surface area (Å²) in [5.41, 5.74) is 1.68. The topological polar surface area (TPSA) is 20.2 Å². The first-order valence-corrected chi connectivity index (χ1v) is 6.30. The predicted molar refractivity (Wildman–Crippen MR) is 69.8 cm³/mol. The van der Waals surface area contributed by atoms with Crippen LogP contribution in [0.2, 0.25) is 0 Å². The minimum Gasteiger partial charge on any atom is -0.508 e. The molecular weight excluding hydrogens is 196 g/mol. The molecule has 0 saturated carbocycles. The van der Waals surface area contributed by atoms with Crippen LogP contribution < -0.4 is 0 Å². The first kappa shape index (κ1) is 13.1. The molecule has 1 nitrogen and oxygen atoms in total. The van der Waals surface area contributed by atoms with E-state index in [2.05, 4.69) is 39.8 Å². The Morgan fingerprint density at radius 2 is 1.69 bits per heavy atom. The molecule has 1 rings (SSSR count). The molecule has 1 atom stereocenters. The second kappa shape index (κ2) is 5.38. The Balaban J connectivity index is 2.97. The average molecular weight is 220 g/mol. The summed E-state index contributed by atoms with van der Waals surface area (Å²) in [5, 5.41) is 9.33. The molecule has 1 unspecified atom stereocenters. The van der Waals surface area contributed by atoms with E-state index in [-0.39, 0.29) is 0 Å². The maximum absolute atomic E-state index is 9.33. The summed E-state index contributed by atoms with van der Waals surface area (Å²) in [7, 11) is 0. The molecule has 0 radical (unpaired) electrons. The fourth-order valence-electron chi connectivity index (χ4n) is 2.25. The van der Waals surface area contributed by atoms with Crippen LogP contribution in [-0.4, -0.2) is 5.11 Å². The standard InChI is InChI=1S/C15H24O/c1-5-7-14(15(3,4)6-2)12-8-10-13(16)11-9-12/h8-11,14,16H,5-7H2,1-4H3. The van der Waals surface area contributed by atoms with Crippen molar-refractivity contribution in [3.63, 3.8) is 0 Å². The van der Waals surface area contributed by atoms with Crippen molar-refractivity contribution in [2.75, 3.05) is 0 Å². The van der Waals surface area contributed by atoms with Gasteiger partial charge in [0.15, 0.2) is 0 Å². The first-order chi connectivity index (χ1) is 7.51. The second-order valence-electron chi connectivity index (χ2n) is 5.27. The molecule has 0 bridgehead atoms. The summed E-state index contributed by atoms with van der Waals surface area (Å²) in [5.74, 6) is 0.941. The number of rotatable bonds is 5. The van der Waals surface area contributed by atoms with Crippen molar-refractivity contribution in [1.29, 1.82) is 0 Å². The van der Waals surface area contributed by atoms with Crippen molar-refractivity contribution in [2.45, 2.75) is 52.9 Å². The molecule has 0 amide bonds. The third kappa shape index (κ3) is 3.01. The van der Waals surface area contributed by atoms with Crippen LogP contribution in [-0.2, 0) is 0 Å². The lowest BCUT2D eigenvalue weighted by molar-refractivity contribution is 0.259. The second-order valence-corrected chi connectivity index (χ2v) is 5.27. The lowest BCUT2D eigenvalue weighted by atomic mass is 9.71. The molecule has 16 heavy (non-hydrogen) atoms. The summed E-state index contributed by atoms with van der Waals surface area (Å²) >= 11 is 0. The number of phenolic OH excluding ortho intramolecular Hbond substituents is 1. The van der Waals surface area contributed by atoms with Gasteiger partial charge in [-0.1, -0.05) is 52.7 Å². The van der Waals surface area contributed by atoms with E-state index in [1.807, 2.05) is 0 Å². The van der Waals surface area contributed by atoms with Crippen LogP contribution in [0.15, 0.2) is 24.3 Å². The van der Waals surface area contributed by atoms with Gasteiger partial charge in [0.25, 0.3) is 0 Å². The number of benzene rings is 1. The Labute approximate surface area is 99.5 Å². The van der Waals surface area contributed by atoms with Crippen molar-refractivity contribution in [2.24, 2.45) is 5.41 Å². The molecule has 0 aliphatic carbocycles.